The van der Waals surface area contributed by atoms with Gasteiger partial charge < -0.3 is 15.2 Å². The summed E-state index contributed by atoms with van der Waals surface area (Å²) in [4.78, 5) is 10.9. The third-order valence-corrected chi connectivity index (χ3v) is 4.62. The van der Waals surface area contributed by atoms with E-state index in [1.165, 1.54) is 11.1 Å². The van der Waals surface area contributed by atoms with Gasteiger partial charge in [0.1, 0.15) is 0 Å². The Bertz CT molecular complexity index is 665. The Labute approximate surface area is 163 Å². The van der Waals surface area contributed by atoms with Gasteiger partial charge >= 0.3 is 0 Å². The summed E-state index contributed by atoms with van der Waals surface area (Å²) in [5.74, 6) is 0.838. The molecule has 0 spiro atoms. The molecule has 1 heterocycles. The van der Waals surface area contributed by atoms with Gasteiger partial charge in [0.25, 0.3) is 0 Å². The summed E-state index contributed by atoms with van der Waals surface area (Å²) in [5.41, 5.74) is 2.50. The molecule has 2 aromatic rings. The van der Waals surface area contributed by atoms with Crippen LogP contribution in [-0.2, 0) is 13.1 Å². The van der Waals surface area contributed by atoms with Crippen LogP contribution in [0.5, 0.6) is 0 Å². The van der Waals surface area contributed by atoms with Crippen molar-refractivity contribution in [1.29, 1.82) is 0 Å². The van der Waals surface area contributed by atoms with Crippen LogP contribution in [0.2, 0.25) is 0 Å². The van der Waals surface area contributed by atoms with Gasteiger partial charge in [0.05, 0.1) is 6.33 Å². The molecule has 0 saturated heterocycles. The standard InChI is InChI=1S/C21H34N6/c1-17(2)27(18(3)4)13-11-24-21(22-5)25-14-19-6-8-20(9-7-19)15-26-12-10-23-16-26/h6-10,12,16-18H,11,13-15H2,1-5H3,(H2,22,24,25). The summed E-state index contributed by atoms with van der Waals surface area (Å²) in [6.07, 6.45) is 5.62. The van der Waals surface area contributed by atoms with Gasteiger partial charge in [-0.1, -0.05) is 24.3 Å². The summed E-state index contributed by atoms with van der Waals surface area (Å²) in [5, 5.41) is 6.80. The topological polar surface area (TPSA) is 57.5 Å². The molecule has 1 aromatic carbocycles. The van der Waals surface area contributed by atoms with Crippen LogP contribution >= 0.6 is 0 Å². The maximum atomic E-state index is 4.32. The first-order valence-corrected chi connectivity index (χ1v) is 9.73. The summed E-state index contributed by atoms with van der Waals surface area (Å²) in [6.45, 7) is 12.4. The van der Waals surface area contributed by atoms with Gasteiger partial charge in [-0.2, -0.15) is 0 Å². The number of aliphatic imine (C=N–C) groups is 1. The van der Waals surface area contributed by atoms with Crippen molar-refractivity contribution in [3.8, 4) is 0 Å². The SMILES string of the molecule is CN=C(NCCN(C(C)C)C(C)C)NCc1ccc(Cn2ccnc2)cc1. The molecule has 2 N–H and O–H groups in total. The highest BCUT2D eigenvalue weighted by Crippen LogP contribution is 2.06. The van der Waals surface area contributed by atoms with Crippen molar-refractivity contribution >= 4 is 5.96 Å². The van der Waals surface area contributed by atoms with Gasteiger partial charge in [0, 0.05) is 57.7 Å². The lowest BCUT2D eigenvalue weighted by Gasteiger charge is -2.30. The van der Waals surface area contributed by atoms with Crippen LogP contribution in [0.3, 0.4) is 0 Å². The van der Waals surface area contributed by atoms with E-state index in [4.69, 9.17) is 0 Å². The van der Waals surface area contributed by atoms with Crippen molar-refractivity contribution in [1.82, 2.24) is 25.1 Å². The third kappa shape index (κ3) is 7.06. The molecule has 0 amide bonds. The zero-order valence-corrected chi connectivity index (χ0v) is 17.3. The third-order valence-electron chi connectivity index (χ3n) is 4.62. The predicted molar refractivity (Wildman–Crippen MR) is 113 cm³/mol. The first-order valence-electron chi connectivity index (χ1n) is 9.73. The molecular formula is C21H34N6. The van der Waals surface area contributed by atoms with Gasteiger partial charge in [-0.05, 0) is 38.8 Å². The number of hydrogen-bond donors (Lipinski definition) is 2. The first kappa shape index (κ1) is 21.0. The first-order chi connectivity index (χ1) is 13.0. The number of aromatic nitrogens is 2. The molecule has 6 nitrogen and oxygen atoms in total. The minimum Gasteiger partial charge on any atom is -0.355 e. The lowest BCUT2D eigenvalue weighted by atomic mass is 10.1. The summed E-state index contributed by atoms with van der Waals surface area (Å²) < 4.78 is 2.07. The van der Waals surface area contributed by atoms with E-state index in [0.717, 1.165) is 32.1 Å². The van der Waals surface area contributed by atoms with Crippen molar-refractivity contribution in [3.05, 3.63) is 54.1 Å². The maximum Gasteiger partial charge on any atom is 0.191 e. The summed E-state index contributed by atoms with van der Waals surface area (Å²) in [6, 6.07) is 9.73. The molecule has 0 fully saturated rings. The van der Waals surface area contributed by atoms with Crippen molar-refractivity contribution in [2.75, 3.05) is 20.1 Å². The summed E-state index contributed by atoms with van der Waals surface area (Å²) >= 11 is 0. The number of rotatable bonds is 9. The molecule has 0 saturated carbocycles. The molecule has 148 valence electrons. The van der Waals surface area contributed by atoms with Gasteiger partial charge in [0.15, 0.2) is 5.96 Å². The molecule has 1 aromatic heterocycles. The maximum absolute atomic E-state index is 4.32. The molecule has 0 atom stereocenters. The summed E-state index contributed by atoms with van der Waals surface area (Å²) in [7, 11) is 1.81. The van der Waals surface area contributed by atoms with Crippen molar-refractivity contribution in [2.45, 2.75) is 52.9 Å². The lowest BCUT2D eigenvalue weighted by Crippen LogP contribution is -2.45. The van der Waals surface area contributed by atoms with E-state index in [9.17, 15) is 0 Å². The molecule has 0 unspecified atom stereocenters. The van der Waals surface area contributed by atoms with E-state index in [-0.39, 0.29) is 0 Å². The number of benzene rings is 1. The fraction of sp³-hybridized carbons (Fsp3) is 0.524. The highest BCUT2D eigenvalue weighted by molar-refractivity contribution is 5.79. The largest absolute Gasteiger partial charge is 0.355 e. The minimum atomic E-state index is 0.544. The number of guanidine groups is 1. The average Bonchev–Trinajstić information content (AvgIpc) is 3.14. The fourth-order valence-corrected chi connectivity index (χ4v) is 3.18. The molecule has 0 bridgehead atoms. The fourth-order valence-electron chi connectivity index (χ4n) is 3.18. The Morgan fingerprint density at radius 3 is 2.30 bits per heavy atom. The van der Waals surface area contributed by atoms with Crippen LogP contribution in [0.4, 0.5) is 0 Å². The van der Waals surface area contributed by atoms with E-state index < -0.39 is 0 Å². The van der Waals surface area contributed by atoms with Crippen molar-refractivity contribution in [3.63, 3.8) is 0 Å². The smallest absolute Gasteiger partial charge is 0.191 e. The molecule has 0 aliphatic heterocycles. The van der Waals surface area contributed by atoms with Gasteiger partial charge in [-0.3, -0.25) is 9.89 Å². The predicted octanol–water partition coefficient (Wildman–Crippen LogP) is 2.72. The number of hydrogen-bond acceptors (Lipinski definition) is 3. The van der Waals surface area contributed by atoms with Crippen LogP contribution in [0.25, 0.3) is 0 Å². The second-order valence-corrected chi connectivity index (χ2v) is 7.33. The normalized spacial score (nSPS) is 12.2. The number of nitrogens with zero attached hydrogens (tertiary/aromatic N) is 4. The van der Waals surface area contributed by atoms with E-state index in [1.54, 1.807) is 6.20 Å². The molecule has 0 radical (unpaired) electrons. The number of imidazole rings is 1. The van der Waals surface area contributed by atoms with Crippen LogP contribution < -0.4 is 10.6 Å². The molecule has 0 aliphatic rings. The average molecular weight is 371 g/mol. The van der Waals surface area contributed by atoms with E-state index in [0.29, 0.717) is 12.1 Å². The highest BCUT2D eigenvalue weighted by atomic mass is 15.2. The van der Waals surface area contributed by atoms with Crippen LogP contribution in [0.15, 0.2) is 48.0 Å². The molecule has 27 heavy (non-hydrogen) atoms. The zero-order valence-electron chi connectivity index (χ0n) is 17.3. The van der Waals surface area contributed by atoms with Crippen LogP contribution in [0, 0.1) is 0 Å². The molecule has 0 aliphatic carbocycles. The number of nitrogens with one attached hydrogen (secondary N) is 2. The minimum absolute atomic E-state index is 0.544. The lowest BCUT2D eigenvalue weighted by molar-refractivity contribution is 0.178. The Hall–Kier alpha value is -2.34. The van der Waals surface area contributed by atoms with E-state index in [2.05, 4.69) is 82.0 Å². The van der Waals surface area contributed by atoms with Crippen LogP contribution in [-0.4, -0.2) is 52.6 Å². The van der Waals surface area contributed by atoms with Crippen molar-refractivity contribution < 1.29 is 0 Å². The molecular weight excluding hydrogens is 336 g/mol. The van der Waals surface area contributed by atoms with Gasteiger partial charge in [-0.25, -0.2) is 4.98 Å². The van der Waals surface area contributed by atoms with Gasteiger partial charge in [0.2, 0.25) is 0 Å². The highest BCUT2D eigenvalue weighted by Gasteiger charge is 2.12. The second kappa shape index (κ2) is 10.7. The quantitative estimate of drug-likeness (QED) is 0.526. The zero-order chi connectivity index (χ0) is 19.6. The van der Waals surface area contributed by atoms with E-state index >= 15 is 0 Å². The monoisotopic (exact) mass is 370 g/mol. The Morgan fingerprint density at radius 2 is 1.74 bits per heavy atom. The molecule has 2 rings (SSSR count). The second-order valence-electron chi connectivity index (χ2n) is 7.33. The molecule has 6 heteroatoms. The Kier molecular flexibility index (Phi) is 8.33. The Morgan fingerprint density at radius 1 is 1.07 bits per heavy atom. The van der Waals surface area contributed by atoms with Crippen LogP contribution in [0.1, 0.15) is 38.8 Å². The van der Waals surface area contributed by atoms with Gasteiger partial charge in [-0.15, -0.1) is 0 Å². The van der Waals surface area contributed by atoms with E-state index in [1.807, 2.05) is 19.6 Å². The Balaban J connectivity index is 1.76. The van der Waals surface area contributed by atoms with Crippen molar-refractivity contribution in [2.24, 2.45) is 4.99 Å².